The molecule has 1 saturated heterocycles. The van der Waals surface area contributed by atoms with Crippen LogP contribution in [-0.4, -0.2) is 60.1 Å². The van der Waals surface area contributed by atoms with Crippen LogP contribution < -0.4 is 0 Å². The van der Waals surface area contributed by atoms with E-state index in [1.54, 1.807) is 0 Å². The van der Waals surface area contributed by atoms with Crippen molar-refractivity contribution in [1.82, 2.24) is 0 Å². The van der Waals surface area contributed by atoms with Crippen LogP contribution in [-0.2, 0) is 28.6 Å². The summed E-state index contributed by atoms with van der Waals surface area (Å²) in [6, 6.07) is 0. The molecule has 2 N–H and O–H groups in total. The standard InChI is InChI=1S/C8H10O8/c1-14-4(9)7(12)3-16-6(11)8(7,13)5(10)15-2/h12-13H,3H2,1-2H3/t7-,8+/m1/s1. The van der Waals surface area contributed by atoms with E-state index in [1.165, 1.54) is 0 Å². The monoisotopic (exact) mass is 234 g/mol. The van der Waals surface area contributed by atoms with Crippen molar-refractivity contribution in [2.24, 2.45) is 0 Å². The first-order valence-electron chi connectivity index (χ1n) is 4.13. The minimum Gasteiger partial charge on any atom is -0.467 e. The average molecular weight is 234 g/mol. The number of hydrogen-bond donors (Lipinski definition) is 2. The van der Waals surface area contributed by atoms with Gasteiger partial charge in [-0.15, -0.1) is 0 Å². The van der Waals surface area contributed by atoms with Crippen molar-refractivity contribution >= 4 is 17.9 Å². The number of methoxy groups -OCH3 is 2. The number of carbonyl (C=O) groups is 3. The van der Waals surface area contributed by atoms with Gasteiger partial charge in [0.2, 0.25) is 5.60 Å². The van der Waals surface area contributed by atoms with Crippen molar-refractivity contribution in [2.45, 2.75) is 11.2 Å². The van der Waals surface area contributed by atoms with Crippen LogP contribution in [0.3, 0.4) is 0 Å². The largest absolute Gasteiger partial charge is 0.467 e. The lowest BCUT2D eigenvalue weighted by molar-refractivity contribution is -0.201. The normalized spacial score (nSPS) is 33.1. The van der Waals surface area contributed by atoms with Gasteiger partial charge in [-0.05, 0) is 0 Å². The topological polar surface area (TPSA) is 119 Å². The molecule has 0 aromatic rings. The zero-order valence-electron chi connectivity index (χ0n) is 8.55. The van der Waals surface area contributed by atoms with E-state index in [9.17, 15) is 24.6 Å². The van der Waals surface area contributed by atoms with Gasteiger partial charge in [-0.2, -0.15) is 0 Å². The van der Waals surface area contributed by atoms with E-state index in [1.807, 2.05) is 0 Å². The van der Waals surface area contributed by atoms with Crippen molar-refractivity contribution in [1.29, 1.82) is 0 Å². The van der Waals surface area contributed by atoms with Gasteiger partial charge in [-0.3, -0.25) is 0 Å². The number of rotatable bonds is 2. The van der Waals surface area contributed by atoms with E-state index < -0.39 is 35.7 Å². The Kier molecular flexibility index (Phi) is 2.89. The lowest BCUT2D eigenvalue weighted by Crippen LogP contribution is -2.65. The van der Waals surface area contributed by atoms with E-state index in [4.69, 9.17) is 0 Å². The SMILES string of the molecule is COC(=O)[C@]1(O)C(=O)OC[C@@]1(O)C(=O)OC. The molecule has 0 amide bonds. The second kappa shape index (κ2) is 3.72. The lowest BCUT2D eigenvalue weighted by atomic mass is 9.85. The van der Waals surface area contributed by atoms with Gasteiger partial charge in [-0.25, -0.2) is 14.4 Å². The Morgan fingerprint density at radius 3 is 2.19 bits per heavy atom. The quantitative estimate of drug-likeness (QED) is 0.302. The molecule has 16 heavy (non-hydrogen) atoms. The molecule has 0 unspecified atom stereocenters. The summed E-state index contributed by atoms with van der Waals surface area (Å²) in [7, 11) is 1.80. The first-order chi connectivity index (χ1) is 7.34. The number of carbonyl (C=O) groups excluding carboxylic acids is 3. The highest BCUT2D eigenvalue weighted by atomic mass is 16.6. The van der Waals surface area contributed by atoms with E-state index in [-0.39, 0.29) is 0 Å². The third kappa shape index (κ3) is 1.27. The molecular formula is C8H10O8. The fraction of sp³-hybridized carbons (Fsp3) is 0.625. The fourth-order valence-electron chi connectivity index (χ4n) is 1.32. The highest BCUT2D eigenvalue weighted by molar-refractivity contribution is 6.11. The lowest BCUT2D eigenvalue weighted by Gasteiger charge is -2.27. The van der Waals surface area contributed by atoms with Gasteiger partial charge in [-0.1, -0.05) is 0 Å². The summed E-state index contributed by atoms with van der Waals surface area (Å²) in [6.45, 7) is -0.885. The number of esters is 3. The zero-order valence-corrected chi connectivity index (χ0v) is 8.55. The Morgan fingerprint density at radius 2 is 1.75 bits per heavy atom. The van der Waals surface area contributed by atoms with Gasteiger partial charge in [0.1, 0.15) is 6.61 Å². The summed E-state index contributed by atoms with van der Waals surface area (Å²) in [5, 5.41) is 19.5. The van der Waals surface area contributed by atoms with Gasteiger partial charge in [0.25, 0.3) is 0 Å². The average Bonchev–Trinajstić information content (AvgIpc) is 2.53. The van der Waals surface area contributed by atoms with Gasteiger partial charge < -0.3 is 24.4 Å². The zero-order chi connectivity index (χ0) is 12.6. The van der Waals surface area contributed by atoms with Crippen LogP contribution >= 0.6 is 0 Å². The van der Waals surface area contributed by atoms with Gasteiger partial charge in [0.05, 0.1) is 14.2 Å². The van der Waals surface area contributed by atoms with E-state index in [0.29, 0.717) is 0 Å². The molecule has 1 fully saturated rings. The molecule has 90 valence electrons. The molecule has 0 aromatic carbocycles. The van der Waals surface area contributed by atoms with Crippen molar-refractivity contribution in [2.75, 3.05) is 20.8 Å². The predicted molar refractivity (Wildman–Crippen MR) is 44.9 cm³/mol. The number of cyclic esters (lactones) is 1. The highest BCUT2D eigenvalue weighted by Gasteiger charge is 2.72. The van der Waals surface area contributed by atoms with Crippen LogP contribution in [0, 0.1) is 0 Å². The minimum atomic E-state index is -3.10. The summed E-state index contributed by atoms with van der Waals surface area (Å²) in [5.74, 6) is -4.33. The van der Waals surface area contributed by atoms with E-state index >= 15 is 0 Å². The van der Waals surface area contributed by atoms with Crippen molar-refractivity contribution in [3.8, 4) is 0 Å². The van der Waals surface area contributed by atoms with Crippen LogP contribution in [0.4, 0.5) is 0 Å². The molecule has 8 nitrogen and oxygen atoms in total. The Bertz CT molecular complexity index is 350. The molecule has 1 aliphatic heterocycles. The molecule has 1 rings (SSSR count). The van der Waals surface area contributed by atoms with Crippen molar-refractivity contribution in [3.63, 3.8) is 0 Å². The molecule has 0 bridgehead atoms. The Morgan fingerprint density at radius 1 is 1.25 bits per heavy atom. The molecule has 0 aromatic heterocycles. The maximum Gasteiger partial charge on any atom is 0.354 e. The second-order valence-electron chi connectivity index (χ2n) is 3.13. The minimum absolute atomic E-state index is 0.879. The Hall–Kier alpha value is -1.67. The molecule has 1 aliphatic rings. The van der Waals surface area contributed by atoms with Crippen molar-refractivity contribution in [3.05, 3.63) is 0 Å². The second-order valence-corrected chi connectivity index (χ2v) is 3.13. The molecule has 0 radical (unpaired) electrons. The maximum absolute atomic E-state index is 11.2. The van der Waals surface area contributed by atoms with Crippen LogP contribution in [0.2, 0.25) is 0 Å². The van der Waals surface area contributed by atoms with Crippen molar-refractivity contribution < 1.29 is 38.8 Å². The Balaban J connectivity index is 3.26. The molecule has 1 heterocycles. The highest BCUT2D eigenvalue weighted by Crippen LogP contribution is 2.33. The van der Waals surface area contributed by atoms with Crippen LogP contribution in [0.15, 0.2) is 0 Å². The summed E-state index contributed by atoms with van der Waals surface area (Å²) in [5.41, 5.74) is -5.90. The van der Waals surface area contributed by atoms with E-state index in [0.717, 1.165) is 14.2 Å². The molecule has 0 spiro atoms. The third-order valence-corrected chi connectivity index (χ3v) is 2.31. The fourth-order valence-corrected chi connectivity index (χ4v) is 1.32. The maximum atomic E-state index is 11.2. The summed E-state index contributed by atoms with van der Waals surface area (Å²) < 4.78 is 12.6. The van der Waals surface area contributed by atoms with Gasteiger partial charge in [0, 0.05) is 0 Å². The number of hydrogen-bond acceptors (Lipinski definition) is 8. The summed E-state index contributed by atoms with van der Waals surface area (Å²) in [6.07, 6.45) is 0. The Labute approximate surface area is 89.7 Å². The van der Waals surface area contributed by atoms with Crippen LogP contribution in [0.1, 0.15) is 0 Å². The molecule has 0 aliphatic carbocycles. The third-order valence-electron chi connectivity index (χ3n) is 2.31. The number of aliphatic hydroxyl groups is 2. The molecular weight excluding hydrogens is 224 g/mol. The van der Waals surface area contributed by atoms with Crippen LogP contribution in [0.5, 0.6) is 0 Å². The first kappa shape index (κ1) is 12.4. The molecule has 8 heteroatoms. The molecule has 0 saturated carbocycles. The van der Waals surface area contributed by atoms with Gasteiger partial charge >= 0.3 is 23.5 Å². The molecule has 2 atom stereocenters. The first-order valence-corrected chi connectivity index (χ1v) is 4.13. The predicted octanol–water partition coefficient (Wildman–Crippen LogP) is -2.65. The van der Waals surface area contributed by atoms with Crippen LogP contribution in [0.25, 0.3) is 0 Å². The smallest absolute Gasteiger partial charge is 0.354 e. The van der Waals surface area contributed by atoms with E-state index in [2.05, 4.69) is 14.2 Å². The van der Waals surface area contributed by atoms with Gasteiger partial charge in [0.15, 0.2) is 0 Å². The summed E-state index contributed by atoms with van der Waals surface area (Å²) in [4.78, 5) is 33.7. The summed E-state index contributed by atoms with van der Waals surface area (Å²) >= 11 is 0. The number of ether oxygens (including phenoxy) is 3.